The van der Waals surface area contributed by atoms with Crippen molar-refractivity contribution in [3.8, 4) is 5.75 Å². The second kappa shape index (κ2) is 8.68. The Balaban J connectivity index is 1.52. The normalized spacial score (nSPS) is 11.0. The molecule has 3 aromatic rings. The predicted molar refractivity (Wildman–Crippen MR) is 103 cm³/mol. The summed E-state index contributed by atoms with van der Waals surface area (Å²) < 4.78 is 16.3. The molecule has 1 aromatic heterocycles. The first-order chi connectivity index (χ1) is 12.7. The number of fused-ring (bicyclic) bond motifs is 1. The van der Waals surface area contributed by atoms with Crippen LogP contribution in [0.1, 0.15) is 30.2 Å². The standard InChI is InChI=1S/C22H24O4/c1-3-16-6-8-17(9-7-16)15-25-12-4-5-20-13-18-10-11-19(24-2)14-21(18)22(23)26-20/h6-11,13-14H,3-5,12,15H2,1-2H3. The summed E-state index contributed by atoms with van der Waals surface area (Å²) in [6, 6.07) is 15.8. The van der Waals surface area contributed by atoms with Gasteiger partial charge in [0.25, 0.3) is 0 Å². The fraction of sp³-hybridized carbons (Fsp3) is 0.318. The summed E-state index contributed by atoms with van der Waals surface area (Å²) in [5.41, 5.74) is 2.18. The zero-order valence-electron chi connectivity index (χ0n) is 15.3. The summed E-state index contributed by atoms with van der Waals surface area (Å²) in [6.07, 6.45) is 2.52. The van der Waals surface area contributed by atoms with Gasteiger partial charge in [-0.2, -0.15) is 0 Å². The number of aryl methyl sites for hydroxylation is 2. The Kier molecular flexibility index (Phi) is 6.08. The molecule has 0 aliphatic heterocycles. The molecule has 2 aromatic carbocycles. The Morgan fingerprint density at radius 3 is 2.50 bits per heavy atom. The second-order valence-corrected chi connectivity index (χ2v) is 6.28. The fourth-order valence-corrected chi connectivity index (χ4v) is 2.87. The molecule has 0 radical (unpaired) electrons. The first-order valence-electron chi connectivity index (χ1n) is 8.96. The molecule has 0 amide bonds. The monoisotopic (exact) mass is 352 g/mol. The Labute approximate surface area is 153 Å². The zero-order chi connectivity index (χ0) is 18.4. The predicted octanol–water partition coefficient (Wildman–Crippen LogP) is 4.51. The van der Waals surface area contributed by atoms with Crippen molar-refractivity contribution in [1.82, 2.24) is 0 Å². The van der Waals surface area contributed by atoms with Crippen LogP contribution in [0.4, 0.5) is 0 Å². The molecule has 0 aliphatic carbocycles. The molecule has 1 heterocycles. The third-order valence-corrected chi connectivity index (χ3v) is 4.43. The Bertz CT molecular complexity index is 910. The van der Waals surface area contributed by atoms with E-state index in [4.69, 9.17) is 13.9 Å². The van der Waals surface area contributed by atoms with Crippen molar-refractivity contribution in [3.63, 3.8) is 0 Å². The quantitative estimate of drug-likeness (QED) is 0.560. The van der Waals surface area contributed by atoms with E-state index >= 15 is 0 Å². The van der Waals surface area contributed by atoms with Crippen LogP contribution >= 0.6 is 0 Å². The topological polar surface area (TPSA) is 48.7 Å². The third-order valence-electron chi connectivity index (χ3n) is 4.43. The van der Waals surface area contributed by atoms with E-state index in [1.165, 1.54) is 11.1 Å². The highest BCUT2D eigenvalue weighted by Gasteiger charge is 2.06. The van der Waals surface area contributed by atoms with Gasteiger partial charge in [0, 0.05) is 13.0 Å². The second-order valence-electron chi connectivity index (χ2n) is 6.28. The van der Waals surface area contributed by atoms with Gasteiger partial charge in [-0.05, 0) is 47.6 Å². The lowest BCUT2D eigenvalue weighted by Crippen LogP contribution is -2.04. The molecule has 0 unspecified atom stereocenters. The number of methoxy groups -OCH3 is 1. The molecule has 4 nitrogen and oxygen atoms in total. The molecule has 0 bridgehead atoms. The lowest BCUT2D eigenvalue weighted by molar-refractivity contribution is 0.117. The van der Waals surface area contributed by atoms with Gasteiger partial charge in [0.15, 0.2) is 0 Å². The molecule has 4 heteroatoms. The molecule has 26 heavy (non-hydrogen) atoms. The lowest BCUT2D eigenvalue weighted by atomic mass is 10.1. The van der Waals surface area contributed by atoms with E-state index in [0.29, 0.717) is 36.5 Å². The van der Waals surface area contributed by atoms with Crippen LogP contribution in [-0.2, 0) is 24.2 Å². The lowest BCUT2D eigenvalue weighted by Gasteiger charge is -2.06. The van der Waals surface area contributed by atoms with E-state index in [1.807, 2.05) is 18.2 Å². The Morgan fingerprint density at radius 2 is 1.77 bits per heavy atom. The summed E-state index contributed by atoms with van der Waals surface area (Å²) >= 11 is 0. The molecular weight excluding hydrogens is 328 g/mol. The molecule has 0 aliphatic rings. The van der Waals surface area contributed by atoms with E-state index in [0.717, 1.165) is 18.2 Å². The van der Waals surface area contributed by atoms with E-state index in [1.54, 1.807) is 13.2 Å². The SMILES string of the molecule is CCc1ccc(COCCCc2cc3ccc(OC)cc3c(=O)o2)cc1. The number of rotatable bonds is 8. The van der Waals surface area contributed by atoms with Crippen LogP contribution in [0.3, 0.4) is 0 Å². The highest BCUT2D eigenvalue weighted by atomic mass is 16.5. The maximum Gasteiger partial charge on any atom is 0.343 e. The molecule has 0 fully saturated rings. The number of hydrogen-bond acceptors (Lipinski definition) is 4. The van der Waals surface area contributed by atoms with Gasteiger partial charge in [-0.3, -0.25) is 0 Å². The number of ether oxygens (including phenoxy) is 2. The minimum absolute atomic E-state index is 0.326. The molecule has 136 valence electrons. The molecule has 0 saturated carbocycles. The largest absolute Gasteiger partial charge is 0.497 e. The van der Waals surface area contributed by atoms with Gasteiger partial charge in [0.05, 0.1) is 19.1 Å². The first-order valence-corrected chi connectivity index (χ1v) is 8.96. The van der Waals surface area contributed by atoms with Crippen LogP contribution in [0.2, 0.25) is 0 Å². The van der Waals surface area contributed by atoms with Gasteiger partial charge in [-0.25, -0.2) is 4.79 Å². The summed E-state index contributed by atoms with van der Waals surface area (Å²) in [7, 11) is 1.58. The van der Waals surface area contributed by atoms with Crippen molar-refractivity contribution in [3.05, 3.63) is 75.8 Å². The van der Waals surface area contributed by atoms with E-state index in [2.05, 4.69) is 31.2 Å². The fourth-order valence-electron chi connectivity index (χ4n) is 2.87. The smallest absolute Gasteiger partial charge is 0.343 e. The van der Waals surface area contributed by atoms with Crippen molar-refractivity contribution in [2.24, 2.45) is 0 Å². The number of hydrogen-bond donors (Lipinski definition) is 0. The average Bonchev–Trinajstić information content (AvgIpc) is 2.68. The van der Waals surface area contributed by atoms with E-state index in [-0.39, 0.29) is 5.63 Å². The van der Waals surface area contributed by atoms with E-state index in [9.17, 15) is 4.79 Å². The van der Waals surface area contributed by atoms with Crippen LogP contribution in [0, 0.1) is 0 Å². The van der Waals surface area contributed by atoms with Gasteiger partial charge in [0.1, 0.15) is 11.5 Å². The van der Waals surface area contributed by atoms with Gasteiger partial charge < -0.3 is 13.9 Å². The molecule has 3 rings (SSSR count). The molecular formula is C22H24O4. The van der Waals surface area contributed by atoms with Crippen LogP contribution in [0.15, 0.2) is 57.7 Å². The minimum Gasteiger partial charge on any atom is -0.497 e. The molecule has 0 N–H and O–H groups in total. The average molecular weight is 352 g/mol. The van der Waals surface area contributed by atoms with Gasteiger partial charge in [-0.1, -0.05) is 37.3 Å². The van der Waals surface area contributed by atoms with Crippen molar-refractivity contribution in [1.29, 1.82) is 0 Å². The van der Waals surface area contributed by atoms with Crippen molar-refractivity contribution in [2.45, 2.75) is 32.8 Å². The minimum atomic E-state index is -0.326. The summed E-state index contributed by atoms with van der Waals surface area (Å²) in [6.45, 7) is 3.37. The third kappa shape index (κ3) is 4.52. The van der Waals surface area contributed by atoms with Crippen LogP contribution in [0.5, 0.6) is 5.75 Å². The Morgan fingerprint density at radius 1 is 1.00 bits per heavy atom. The van der Waals surface area contributed by atoms with Gasteiger partial charge in [0.2, 0.25) is 0 Å². The van der Waals surface area contributed by atoms with Gasteiger partial charge >= 0.3 is 5.63 Å². The van der Waals surface area contributed by atoms with Crippen molar-refractivity contribution < 1.29 is 13.9 Å². The summed E-state index contributed by atoms with van der Waals surface area (Å²) in [5, 5.41) is 1.41. The number of benzene rings is 2. The summed E-state index contributed by atoms with van der Waals surface area (Å²) in [4.78, 5) is 12.1. The van der Waals surface area contributed by atoms with Crippen LogP contribution < -0.4 is 10.4 Å². The van der Waals surface area contributed by atoms with Gasteiger partial charge in [-0.15, -0.1) is 0 Å². The maximum atomic E-state index is 12.1. The van der Waals surface area contributed by atoms with E-state index < -0.39 is 0 Å². The first kappa shape index (κ1) is 18.2. The highest BCUT2D eigenvalue weighted by molar-refractivity contribution is 5.82. The van der Waals surface area contributed by atoms with Crippen molar-refractivity contribution in [2.75, 3.05) is 13.7 Å². The maximum absolute atomic E-state index is 12.1. The zero-order valence-corrected chi connectivity index (χ0v) is 15.3. The summed E-state index contributed by atoms with van der Waals surface area (Å²) in [5.74, 6) is 1.33. The van der Waals surface area contributed by atoms with Crippen molar-refractivity contribution >= 4 is 10.8 Å². The molecule has 0 atom stereocenters. The highest BCUT2D eigenvalue weighted by Crippen LogP contribution is 2.19. The molecule has 0 saturated heterocycles. The van der Waals surface area contributed by atoms with Crippen LogP contribution in [-0.4, -0.2) is 13.7 Å². The van der Waals surface area contributed by atoms with Crippen LogP contribution in [0.25, 0.3) is 10.8 Å². The Hall–Kier alpha value is -2.59. The molecule has 0 spiro atoms.